The van der Waals surface area contributed by atoms with Crippen LogP contribution in [0.3, 0.4) is 0 Å². The van der Waals surface area contributed by atoms with E-state index in [0.717, 1.165) is 96.3 Å². The van der Waals surface area contributed by atoms with E-state index in [9.17, 15) is 19.0 Å². The number of unbranched alkanes of at least 4 members (excludes halogenated alkanes) is 39. The monoisotopic (exact) mass is 1240 g/mol. The fourth-order valence-corrected chi connectivity index (χ4v) is 11.3. The molecule has 0 fully saturated rings. The zero-order valence-electron chi connectivity index (χ0n) is 58.0. The lowest BCUT2D eigenvalue weighted by Gasteiger charge is -2.30. The highest BCUT2D eigenvalue weighted by atomic mass is 31.2. The SMILES string of the molecule is CCCCC/C=C\C/C=C\C/C=C\C/C=C\CCCCCCCCCCCC(=O)OC(/C=C/CCCCCCCCCCCCC)C(COP(=O)([O-])OCC[N+](C)(C)C)NC(=O)CCCCCCCCCCCCCCC/C=C\C/C=C\CCCCC. The molecule has 0 saturated heterocycles. The summed E-state index contributed by atoms with van der Waals surface area (Å²) >= 11 is 0. The van der Waals surface area contributed by atoms with Gasteiger partial charge in [-0.15, -0.1) is 0 Å². The second-order valence-electron chi connectivity index (χ2n) is 26.1. The van der Waals surface area contributed by atoms with Gasteiger partial charge < -0.3 is 28.5 Å². The second-order valence-corrected chi connectivity index (χ2v) is 27.5. The van der Waals surface area contributed by atoms with E-state index in [2.05, 4.69) is 99.0 Å². The van der Waals surface area contributed by atoms with Gasteiger partial charge in [-0.3, -0.25) is 14.2 Å². The summed E-state index contributed by atoms with van der Waals surface area (Å²) in [6.45, 7) is 6.82. The summed E-state index contributed by atoms with van der Waals surface area (Å²) in [4.78, 5) is 40.3. The van der Waals surface area contributed by atoms with Crippen molar-refractivity contribution < 1.29 is 37.3 Å². The third-order valence-electron chi connectivity index (χ3n) is 16.3. The molecule has 0 bridgehead atoms. The Kier molecular flexibility index (Phi) is 64.0. The van der Waals surface area contributed by atoms with Gasteiger partial charge in [0, 0.05) is 12.8 Å². The zero-order chi connectivity index (χ0) is 63.5. The number of esters is 1. The first-order chi connectivity index (χ1) is 42.4. The Morgan fingerprint density at radius 1 is 0.402 bits per heavy atom. The van der Waals surface area contributed by atoms with Crippen LogP contribution in [-0.2, 0) is 27.9 Å². The van der Waals surface area contributed by atoms with E-state index in [-0.39, 0.29) is 24.9 Å². The fourth-order valence-electron chi connectivity index (χ4n) is 10.6. The number of nitrogens with one attached hydrogen (secondary N) is 1. The number of allylic oxidation sites excluding steroid dienone is 13. The zero-order valence-corrected chi connectivity index (χ0v) is 58.9. The Labute approximate surface area is 539 Å². The minimum Gasteiger partial charge on any atom is -0.756 e. The number of phosphoric ester groups is 1. The van der Waals surface area contributed by atoms with Gasteiger partial charge in [0.1, 0.15) is 19.3 Å². The van der Waals surface area contributed by atoms with E-state index in [0.29, 0.717) is 17.4 Å². The van der Waals surface area contributed by atoms with Crippen LogP contribution in [0.25, 0.3) is 0 Å². The standard InChI is InChI=1S/C77H141N2O7P/c1-7-10-13-16-19-22-25-28-30-32-34-36-38-39-41-43-45-47-49-52-55-58-61-64-67-70-77(81)86-75(68-65-62-59-56-53-50-27-24-21-18-15-12-9-3)74(73-85-87(82,83)84-72-71-79(4,5)6)78-76(80)69-66-63-60-57-54-51-48-46-44-42-40-37-35-33-31-29-26-23-20-17-14-11-8-2/h19-20,22-23,28-31,34,36,39,41,65,68,74-75H,7-18,21,24-27,32-33,35,37-38,40,42-64,66-67,69-73H2,1-6H3,(H-,78,80,82,83)/b22-19-,23-20-,30-28-,31-29-,36-34-,41-39-,68-65+. The molecule has 0 saturated carbocycles. The van der Waals surface area contributed by atoms with E-state index in [1.165, 1.54) is 212 Å². The first-order valence-corrected chi connectivity index (χ1v) is 38.4. The number of rotatable bonds is 67. The highest BCUT2D eigenvalue weighted by molar-refractivity contribution is 7.45. The molecule has 9 nitrogen and oxygen atoms in total. The molecule has 0 spiro atoms. The van der Waals surface area contributed by atoms with Crippen molar-refractivity contribution in [3.8, 4) is 0 Å². The number of ether oxygens (including phenoxy) is 1. The average Bonchev–Trinajstić information content (AvgIpc) is 3.70. The number of likely N-dealkylation sites (N-methyl/N-ethyl adjacent to an activating group) is 1. The lowest BCUT2D eigenvalue weighted by atomic mass is 10.0. The van der Waals surface area contributed by atoms with Crippen LogP contribution in [0.2, 0.25) is 0 Å². The van der Waals surface area contributed by atoms with Gasteiger partial charge in [-0.2, -0.15) is 0 Å². The maximum Gasteiger partial charge on any atom is 0.306 e. The van der Waals surface area contributed by atoms with Gasteiger partial charge in [0.15, 0.2) is 0 Å². The van der Waals surface area contributed by atoms with Crippen molar-refractivity contribution in [3.05, 3.63) is 85.1 Å². The number of amides is 1. The molecule has 0 aromatic rings. The van der Waals surface area contributed by atoms with Crippen molar-refractivity contribution in [2.75, 3.05) is 40.9 Å². The maximum atomic E-state index is 13.6. The molecule has 0 aliphatic heterocycles. The van der Waals surface area contributed by atoms with E-state index in [4.69, 9.17) is 13.8 Å². The van der Waals surface area contributed by atoms with Crippen LogP contribution in [-0.4, -0.2) is 69.4 Å². The summed E-state index contributed by atoms with van der Waals surface area (Å²) < 4.78 is 30.5. The molecule has 0 aliphatic carbocycles. The number of nitrogens with zero attached hydrogens (tertiary/aromatic N) is 1. The molecule has 0 aromatic heterocycles. The third kappa shape index (κ3) is 67.4. The Hall–Kier alpha value is -2.81. The molecular weight excluding hydrogens is 1100 g/mol. The van der Waals surface area contributed by atoms with Crippen molar-refractivity contribution in [2.24, 2.45) is 0 Å². The van der Waals surface area contributed by atoms with E-state index < -0.39 is 26.6 Å². The Bertz CT molecular complexity index is 1760. The summed E-state index contributed by atoms with van der Waals surface area (Å²) in [6, 6.07) is -0.896. The van der Waals surface area contributed by atoms with E-state index in [1.54, 1.807) is 0 Å². The van der Waals surface area contributed by atoms with Crippen molar-refractivity contribution >= 4 is 19.7 Å². The number of hydrogen-bond donors (Lipinski definition) is 1. The lowest BCUT2D eigenvalue weighted by Crippen LogP contribution is -2.47. The highest BCUT2D eigenvalue weighted by Gasteiger charge is 2.27. The van der Waals surface area contributed by atoms with Crippen LogP contribution < -0.4 is 10.2 Å². The van der Waals surface area contributed by atoms with Gasteiger partial charge >= 0.3 is 5.97 Å². The molecule has 506 valence electrons. The Balaban J connectivity index is 5.09. The second kappa shape index (κ2) is 66.1. The summed E-state index contributed by atoms with van der Waals surface area (Å²) in [5.41, 5.74) is 0. The van der Waals surface area contributed by atoms with E-state index >= 15 is 0 Å². The van der Waals surface area contributed by atoms with Crippen LogP contribution in [0.4, 0.5) is 0 Å². The van der Waals surface area contributed by atoms with Gasteiger partial charge in [-0.25, -0.2) is 0 Å². The summed E-state index contributed by atoms with van der Waals surface area (Å²) in [5, 5.41) is 3.05. The predicted molar refractivity (Wildman–Crippen MR) is 376 cm³/mol. The molecule has 0 radical (unpaired) electrons. The van der Waals surface area contributed by atoms with Crippen molar-refractivity contribution in [2.45, 2.75) is 354 Å². The summed E-state index contributed by atoms with van der Waals surface area (Å²) in [6.07, 6.45) is 88.4. The van der Waals surface area contributed by atoms with Gasteiger partial charge in [-0.05, 0) is 109 Å². The Morgan fingerprint density at radius 2 is 0.701 bits per heavy atom. The average molecular weight is 1240 g/mol. The number of carbonyl (C=O) groups excluding carboxylic acids is 2. The van der Waals surface area contributed by atoms with E-state index in [1.807, 2.05) is 33.3 Å². The molecule has 10 heteroatoms. The first kappa shape index (κ1) is 84.2. The van der Waals surface area contributed by atoms with Gasteiger partial charge in [0.05, 0.1) is 33.8 Å². The number of hydrogen-bond acceptors (Lipinski definition) is 7. The molecule has 3 unspecified atom stereocenters. The van der Waals surface area contributed by atoms with Crippen LogP contribution in [0.15, 0.2) is 85.1 Å². The van der Waals surface area contributed by atoms with Gasteiger partial charge in [0.25, 0.3) is 7.82 Å². The number of carbonyl (C=O) groups is 2. The maximum absolute atomic E-state index is 13.6. The highest BCUT2D eigenvalue weighted by Crippen LogP contribution is 2.38. The Morgan fingerprint density at radius 3 is 1.07 bits per heavy atom. The largest absolute Gasteiger partial charge is 0.756 e. The topological polar surface area (TPSA) is 114 Å². The summed E-state index contributed by atoms with van der Waals surface area (Å²) in [7, 11) is 1.18. The van der Waals surface area contributed by atoms with Crippen LogP contribution in [0.1, 0.15) is 342 Å². The van der Waals surface area contributed by atoms with Crippen molar-refractivity contribution in [1.82, 2.24) is 5.32 Å². The number of quaternary nitrogens is 1. The van der Waals surface area contributed by atoms with Crippen LogP contribution in [0.5, 0.6) is 0 Å². The van der Waals surface area contributed by atoms with Gasteiger partial charge in [-0.1, -0.05) is 305 Å². The molecule has 0 rings (SSSR count). The molecule has 1 amide bonds. The minimum absolute atomic E-state index is 0.0254. The van der Waals surface area contributed by atoms with Gasteiger partial charge in [0.2, 0.25) is 5.91 Å². The molecular formula is C77H141N2O7P. The first-order valence-electron chi connectivity index (χ1n) is 36.9. The molecule has 1 N–H and O–H groups in total. The van der Waals surface area contributed by atoms with Crippen molar-refractivity contribution in [1.29, 1.82) is 0 Å². The minimum atomic E-state index is -4.71. The normalized spacial score (nSPS) is 14.0. The predicted octanol–water partition coefficient (Wildman–Crippen LogP) is 23.0. The quantitative estimate of drug-likeness (QED) is 0.0212. The lowest BCUT2D eigenvalue weighted by molar-refractivity contribution is -0.870. The smallest absolute Gasteiger partial charge is 0.306 e. The van der Waals surface area contributed by atoms with Crippen molar-refractivity contribution in [3.63, 3.8) is 0 Å². The fraction of sp³-hybridized carbons (Fsp3) is 0.792. The number of phosphoric acid groups is 1. The third-order valence-corrected chi connectivity index (χ3v) is 17.3. The molecule has 87 heavy (non-hydrogen) atoms. The molecule has 0 aliphatic rings. The molecule has 3 atom stereocenters. The molecule has 0 aromatic carbocycles. The van der Waals surface area contributed by atoms with Crippen LogP contribution >= 0.6 is 7.82 Å². The summed E-state index contributed by atoms with van der Waals surface area (Å²) in [5.74, 6) is -0.540. The molecule has 0 heterocycles. The van der Waals surface area contributed by atoms with Crippen LogP contribution in [0, 0.1) is 0 Å².